The summed E-state index contributed by atoms with van der Waals surface area (Å²) in [7, 11) is 1.58. The summed E-state index contributed by atoms with van der Waals surface area (Å²) in [6, 6.07) is 9.23. The third-order valence-corrected chi connectivity index (χ3v) is 3.89. The monoisotopic (exact) mass is 304 g/mol. The number of hydrogen-bond acceptors (Lipinski definition) is 3. The van der Waals surface area contributed by atoms with Gasteiger partial charge in [0.25, 0.3) is 0 Å². The van der Waals surface area contributed by atoms with Crippen molar-refractivity contribution in [3.05, 3.63) is 30.3 Å². The van der Waals surface area contributed by atoms with Crippen molar-refractivity contribution in [1.82, 2.24) is 4.90 Å². The average Bonchev–Trinajstić information content (AvgIpc) is 2.89. The Hall–Kier alpha value is -2.37. The van der Waals surface area contributed by atoms with Crippen LogP contribution in [0.25, 0.3) is 0 Å². The molecule has 2 atom stereocenters. The average molecular weight is 304 g/mol. The molecule has 0 aromatic heterocycles. The molecule has 2 rings (SSSR count). The number of nitrogens with zero attached hydrogens (tertiary/aromatic N) is 2. The number of benzene rings is 1. The van der Waals surface area contributed by atoms with E-state index in [-0.39, 0.29) is 24.8 Å². The Balaban J connectivity index is 2.01. The first-order valence-corrected chi connectivity index (χ1v) is 7.23. The molecule has 1 aliphatic rings. The maximum absolute atomic E-state index is 12.4. The quantitative estimate of drug-likeness (QED) is 0.887. The summed E-state index contributed by atoms with van der Waals surface area (Å²) in [6.45, 7) is 2.04. The predicted octanol–water partition coefficient (Wildman–Crippen LogP) is 1.22. The predicted molar refractivity (Wildman–Crippen MR) is 81.3 cm³/mol. The zero-order valence-corrected chi connectivity index (χ0v) is 12.7. The molecule has 0 radical (unpaired) electrons. The van der Waals surface area contributed by atoms with Crippen molar-refractivity contribution in [2.45, 2.75) is 13.3 Å². The highest BCUT2D eigenvalue weighted by Gasteiger charge is 2.36. The summed E-state index contributed by atoms with van der Waals surface area (Å²) >= 11 is 0. The summed E-state index contributed by atoms with van der Waals surface area (Å²) in [5, 5.41) is 8.91. The van der Waals surface area contributed by atoms with E-state index in [2.05, 4.69) is 0 Å². The summed E-state index contributed by atoms with van der Waals surface area (Å²) in [5.41, 5.74) is 0.782. The second-order valence-electron chi connectivity index (χ2n) is 5.70. The molecule has 0 saturated carbocycles. The van der Waals surface area contributed by atoms with Gasteiger partial charge in [0, 0.05) is 32.2 Å². The second kappa shape index (κ2) is 6.60. The van der Waals surface area contributed by atoms with Crippen molar-refractivity contribution in [1.29, 1.82) is 0 Å². The van der Waals surface area contributed by atoms with Crippen LogP contribution in [0.1, 0.15) is 13.3 Å². The number of amides is 2. The summed E-state index contributed by atoms with van der Waals surface area (Å²) in [6.07, 6.45) is 0.166. The first-order chi connectivity index (χ1) is 10.4. The number of rotatable bonds is 5. The lowest BCUT2D eigenvalue weighted by atomic mass is 10.1. The lowest BCUT2D eigenvalue weighted by molar-refractivity contribution is -0.143. The fraction of sp³-hybridized carbons (Fsp3) is 0.438. The van der Waals surface area contributed by atoms with E-state index >= 15 is 0 Å². The van der Waals surface area contributed by atoms with Gasteiger partial charge in [0.1, 0.15) is 0 Å². The molecule has 22 heavy (non-hydrogen) atoms. The number of hydrogen-bond donors (Lipinski definition) is 1. The van der Waals surface area contributed by atoms with E-state index in [0.717, 1.165) is 5.69 Å². The Labute approximate surface area is 129 Å². The van der Waals surface area contributed by atoms with Crippen molar-refractivity contribution >= 4 is 23.5 Å². The molecule has 0 unspecified atom stereocenters. The Bertz CT molecular complexity index is 573. The van der Waals surface area contributed by atoms with Gasteiger partial charge in [0.05, 0.1) is 11.8 Å². The molecule has 2 amide bonds. The molecule has 1 aliphatic heterocycles. The van der Waals surface area contributed by atoms with Gasteiger partial charge < -0.3 is 14.9 Å². The molecule has 1 saturated heterocycles. The van der Waals surface area contributed by atoms with Crippen LogP contribution >= 0.6 is 0 Å². The molecular weight excluding hydrogens is 284 g/mol. The van der Waals surface area contributed by atoms with Crippen LogP contribution in [0.2, 0.25) is 0 Å². The first-order valence-electron chi connectivity index (χ1n) is 7.23. The standard InChI is InChI=1S/C16H20N2O4/c1-11(16(21)22)9-17(2)15(20)12-8-14(19)18(10-12)13-6-4-3-5-7-13/h3-7,11-12H,8-10H2,1-2H3,(H,21,22)/t11-,12+/m1/s1. The normalized spacial score (nSPS) is 19.1. The Morgan fingerprint density at radius 2 is 2.00 bits per heavy atom. The van der Waals surface area contributed by atoms with Gasteiger partial charge in [0.2, 0.25) is 11.8 Å². The lowest BCUT2D eigenvalue weighted by Crippen LogP contribution is -2.38. The van der Waals surface area contributed by atoms with Gasteiger partial charge in [-0.2, -0.15) is 0 Å². The molecule has 0 spiro atoms. The number of carboxylic acids is 1. The van der Waals surface area contributed by atoms with Gasteiger partial charge in [-0.15, -0.1) is 0 Å². The largest absolute Gasteiger partial charge is 0.481 e. The molecular formula is C16H20N2O4. The van der Waals surface area contributed by atoms with Crippen LogP contribution in [0, 0.1) is 11.8 Å². The van der Waals surface area contributed by atoms with Crippen LogP contribution in [0.3, 0.4) is 0 Å². The zero-order chi connectivity index (χ0) is 16.3. The van der Waals surface area contributed by atoms with Crippen molar-refractivity contribution in [3.63, 3.8) is 0 Å². The maximum atomic E-state index is 12.4. The molecule has 0 bridgehead atoms. The fourth-order valence-electron chi connectivity index (χ4n) is 2.62. The molecule has 6 nitrogen and oxygen atoms in total. The van der Waals surface area contributed by atoms with Crippen LogP contribution in [-0.4, -0.2) is 47.9 Å². The minimum atomic E-state index is -0.937. The minimum Gasteiger partial charge on any atom is -0.481 e. The van der Waals surface area contributed by atoms with Crippen molar-refractivity contribution in [2.24, 2.45) is 11.8 Å². The van der Waals surface area contributed by atoms with Gasteiger partial charge >= 0.3 is 5.97 Å². The third-order valence-electron chi connectivity index (χ3n) is 3.89. The molecule has 118 valence electrons. The molecule has 1 N–H and O–H groups in total. The number of anilines is 1. The van der Waals surface area contributed by atoms with E-state index in [9.17, 15) is 14.4 Å². The SMILES string of the molecule is C[C@H](CN(C)C(=O)[C@H]1CC(=O)N(c2ccccc2)C1)C(=O)O. The van der Waals surface area contributed by atoms with Crippen LogP contribution in [0.4, 0.5) is 5.69 Å². The highest BCUT2D eigenvalue weighted by Crippen LogP contribution is 2.26. The second-order valence-corrected chi connectivity index (χ2v) is 5.70. The summed E-state index contributed by atoms with van der Waals surface area (Å²) in [4.78, 5) is 38.4. The summed E-state index contributed by atoms with van der Waals surface area (Å²) < 4.78 is 0. The Kier molecular flexibility index (Phi) is 4.80. The van der Waals surface area contributed by atoms with Gasteiger partial charge in [-0.05, 0) is 12.1 Å². The fourth-order valence-corrected chi connectivity index (χ4v) is 2.62. The molecule has 1 aromatic rings. The smallest absolute Gasteiger partial charge is 0.308 e. The van der Waals surface area contributed by atoms with Gasteiger partial charge in [-0.25, -0.2) is 0 Å². The Morgan fingerprint density at radius 3 is 2.59 bits per heavy atom. The molecule has 0 aliphatic carbocycles. The topological polar surface area (TPSA) is 77.9 Å². The van der Waals surface area contributed by atoms with Gasteiger partial charge in [0.15, 0.2) is 0 Å². The highest BCUT2D eigenvalue weighted by molar-refractivity contribution is 6.00. The van der Waals surface area contributed by atoms with E-state index in [4.69, 9.17) is 5.11 Å². The zero-order valence-electron chi connectivity index (χ0n) is 12.7. The lowest BCUT2D eigenvalue weighted by Gasteiger charge is -2.23. The van der Waals surface area contributed by atoms with Crippen LogP contribution in [0.15, 0.2) is 30.3 Å². The van der Waals surface area contributed by atoms with E-state index in [1.54, 1.807) is 18.9 Å². The van der Waals surface area contributed by atoms with Crippen LogP contribution in [0.5, 0.6) is 0 Å². The van der Waals surface area contributed by atoms with Gasteiger partial charge in [-0.3, -0.25) is 14.4 Å². The number of carboxylic acid groups (broad SMARTS) is 1. The van der Waals surface area contributed by atoms with Crippen molar-refractivity contribution in [2.75, 3.05) is 25.0 Å². The van der Waals surface area contributed by atoms with E-state index in [0.29, 0.717) is 6.54 Å². The van der Waals surface area contributed by atoms with Crippen LogP contribution < -0.4 is 4.90 Å². The number of para-hydroxylation sites is 1. The number of carbonyl (C=O) groups excluding carboxylic acids is 2. The van der Waals surface area contributed by atoms with Gasteiger partial charge in [-0.1, -0.05) is 25.1 Å². The van der Waals surface area contributed by atoms with Crippen LogP contribution in [-0.2, 0) is 14.4 Å². The van der Waals surface area contributed by atoms with E-state index in [1.165, 1.54) is 4.90 Å². The van der Waals surface area contributed by atoms with Crippen molar-refractivity contribution in [3.8, 4) is 0 Å². The number of carbonyl (C=O) groups is 3. The van der Waals surface area contributed by atoms with Crippen molar-refractivity contribution < 1.29 is 19.5 Å². The molecule has 6 heteroatoms. The summed E-state index contributed by atoms with van der Waals surface area (Å²) in [5.74, 6) is -2.24. The maximum Gasteiger partial charge on any atom is 0.308 e. The minimum absolute atomic E-state index is 0.0794. The first kappa shape index (κ1) is 16.0. The Morgan fingerprint density at radius 1 is 1.36 bits per heavy atom. The number of aliphatic carboxylic acids is 1. The molecule has 1 fully saturated rings. The molecule has 1 heterocycles. The third kappa shape index (κ3) is 3.44. The molecule has 1 aromatic carbocycles. The highest BCUT2D eigenvalue weighted by atomic mass is 16.4. The van der Waals surface area contributed by atoms with E-state index in [1.807, 2.05) is 30.3 Å². The van der Waals surface area contributed by atoms with E-state index < -0.39 is 17.8 Å².